The van der Waals surface area contributed by atoms with Crippen LogP contribution in [-0.4, -0.2) is 26.8 Å². The summed E-state index contributed by atoms with van der Waals surface area (Å²) in [5, 5.41) is 4.34. The Hall–Kier alpha value is -2.95. The summed E-state index contributed by atoms with van der Waals surface area (Å²) in [4.78, 5) is 16.5. The van der Waals surface area contributed by atoms with Crippen molar-refractivity contribution in [1.29, 1.82) is 0 Å². The van der Waals surface area contributed by atoms with Crippen LogP contribution in [0, 0.1) is 0 Å². The van der Waals surface area contributed by atoms with E-state index in [2.05, 4.69) is 10.1 Å². The monoisotopic (exact) mass is 307 g/mol. The molecule has 0 saturated heterocycles. The molecule has 0 unspecified atom stereocenters. The number of carbonyl (C=O) groups is 1. The summed E-state index contributed by atoms with van der Waals surface area (Å²) < 4.78 is 6.86. The highest BCUT2D eigenvalue weighted by Crippen LogP contribution is 2.21. The summed E-state index contributed by atoms with van der Waals surface area (Å²) >= 11 is 0. The molecule has 0 spiro atoms. The van der Waals surface area contributed by atoms with E-state index in [0.29, 0.717) is 5.82 Å². The molecule has 116 valence electrons. The molecule has 0 aliphatic rings. The first kappa shape index (κ1) is 15.0. The topological polar surface area (TPSA) is 57.0 Å². The molecule has 1 heterocycles. The van der Waals surface area contributed by atoms with E-state index >= 15 is 0 Å². The third-order valence-electron chi connectivity index (χ3n) is 3.17. The second-order valence-corrected chi connectivity index (χ2v) is 5.33. The number of rotatable bonds is 4. The Labute approximate surface area is 134 Å². The van der Waals surface area contributed by atoms with Gasteiger partial charge >= 0.3 is 5.97 Å². The van der Waals surface area contributed by atoms with Crippen LogP contribution < -0.4 is 0 Å². The van der Waals surface area contributed by atoms with Crippen LogP contribution in [0.25, 0.3) is 17.1 Å². The maximum Gasteiger partial charge on any atom is 0.378 e. The maximum atomic E-state index is 12.1. The van der Waals surface area contributed by atoms with Gasteiger partial charge in [-0.15, -0.1) is 5.10 Å². The van der Waals surface area contributed by atoms with Crippen LogP contribution in [0.2, 0.25) is 0 Å². The molecule has 1 aromatic heterocycles. The molecule has 0 atom stereocenters. The van der Waals surface area contributed by atoms with Crippen molar-refractivity contribution in [2.45, 2.75) is 20.0 Å². The number of aromatic nitrogens is 3. The predicted octanol–water partition coefficient (Wildman–Crippen LogP) is 3.50. The Morgan fingerprint density at radius 2 is 1.61 bits per heavy atom. The fourth-order valence-corrected chi connectivity index (χ4v) is 2.19. The lowest BCUT2D eigenvalue weighted by atomic mass is 10.2. The Morgan fingerprint density at radius 3 is 2.22 bits per heavy atom. The van der Waals surface area contributed by atoms with Crippen molar-refractivity contribution in [3.05, 3.63) is 66.5 Å². The smallest absolute Gasteiger partial charge is 0.378 e. The molecule has 0 fully saturated rings. The highest BCUT2D eigenvalue weighted by Gasteiger charge is 2.20. The fourth-order valence-electron chi connectivity index (χ4n) is 2.19. The second-order valence-electron chi connectivity index (χ2n) is 5.33. The lowest BCUT2D eigenvalue weighted by Crippen LogP contribution is -2.13. The second kappa shape index (κ2) is 6.44. The largest absolute Gasteiger partial charge is 0.457 e. The highest BCUT2D eigenvalue weighted by atomic mass is 16.5. The van der Waals surface area contributed by atoms with E-state index in [1.165, 1.54) is 0 Å². The van der Waals surface area contributed by atoms with Crippen molar-refractivity contribution >= 4 is 5.97 Å². The maximum absolute atomic E-state index is 12.1. The van der Waals surface area contributed by atoms with Gasteiger partial charge in [0.25, 0.3) is 5.82 Å². The van der Waals surface area contributed by atoms with Gasteiger partial charge in [0, 0.05) is 5.56 Å². The third-order valence-corrected chi connectivity index (χ3v) is 3.17. The number of ether oxygens (including phenoxy) is 1. The average Bonchev–Trinajstić information content (AvgIpc) is 3.01. The summed E-state index contributed by atoms with van der Waals surface area (Å²) in [5.41, 5.74) is 1.72. The Bertz CT molecular complexity index is 739. The first-order valence-electron chi connectivity index (χ1n) is 7.44. The van der Waals surface area contributed by atoms with Gasteiger partial charge in [-0.2, -0.15) is 0 Å². The van der Waals surface area contributed by atoms with Gasteiger partial charge in [-0.1, -0.05) is 48.5 Å². The fraction of sp³-hybridized carbons (Fsp3) is 0.167. The van der Waals surface area contributed by atoms with Crippen LogP contribution in [0.5, 0.6) is 0 Å². The van der Waals surface area contributed by atoms with E-state index in [-0.39, 0.29) is 11.9 Å². The molecule has 0 saturated carbocycles. The Kier molecular flexibility index (Phi) is 4.19. The van der Waals surface area contributed by atoms with Crippen LogP contribution in [0.1, 0.15) is 24.5 Å². The van der Waals surface area contributed by atoms with Gasteiger partial charge in [-0.3, -0.25) is 0 Å². The molecule has 0 radical (unpaired) electrons. The molecular weight excluding hydrogens is 290 g/mol. The molecule has 0 aliphatic carbocycles. The first-order chi connectivity index (χ1) is 11.1. The quantitative estimate of drug-likeness (QED) is 0.692. The van der Waals surface area contributed by atoms with E-state index < -0.39 is 5.97 Å². The van der Waals surface area contributed by atoms with E-state index in [1.54, 1.807) is 18.5 Å². The summed E-state index contributed by atoms with van der Waals surface area (Å²) in [7, 11) is 0. The summed E-state index contributed by atoms with van der Waals surface area (Å²) in [6.07, 6.45) is -0.216. The number of esters is 1. The van der Waals surface area contributed by atoms with Crippen molar-refractivity contribution in [2.75, 3.05) is 0 Å². The van der Waals surface area contributed by atoms with Gasteiger partial charge < -0.3 is 4.74 Å². The van der Waals surface area contributed by atoms with Crippen molar-refractivity contribution in [2.24, 2.45) is 0 Å². The molecule has 2 aromatic carbocycles. The van der Waals surface area contributed by atoms with E-state index in [0.717, 1.165) is 11.3 Å². The number of hydrogen-bond donors (Lipinski definition) is 0. The minimum Gasteiger partial charge on any atom is -0.457 e. The normalized spacial score (nSPS) is 10.7. The molecule has 0 bridgehead atoms. The van der Waals surface area contributed by atoms with Crippen molar-refractivity contribution < 1.29 is 9.53 Å². The van der Waals surface area contributed by atoms with E-state index in [9.17, 15) is 4.79 Å². The summed E-state index contributed by atoms with van der Waals surface area (Å²) in [6, 6.07) is 19.2. The van der Waals surface area contributed by atoms with Gasteiger partial charge in [0.05, 0.1) is 11.8 Å². The molecule has 0 N–H and O–H groups in total. The van der Waals surface area contributed by atoms with Crippen molar-refractivity contribution in [3.8, 4) is 17.1 Å². The number of carbonyl (C=O) groups excluding carboxylic acids is 1. The van der Waals surface area contributed by atoms with Crippen LogP contribution in [0.15, 0.2) is 60.7 Å². The molecule has 0 aliphatic heterocycles. The molecule has 3 rings (SSSR count). The molecule has 3 aromatic rings. The first-order valence-corrected chi connectivity index (χ1v) is 7.44. The van der Waals surface area contributed by atoms with Gasteiger partial charge in [0.1, 0.15) is 0 Å². The zero-order chi connectivity index (χ0) is 16.2. The lowest BCUT2D eigenvalue weighted by molar-refractivity contribution is 0.0363. The molecular formula is C18H17N3O2. The van der Waals surface area contributed by atoms with Crippen LogP contribution in [-0.2, 0) is 4.74 Å². The minimum absolute atomic E-state index is 0.0569. The molecule has 5 heteroatoms. The van der Waals surface area contributed by atoms with Crippen LogP contribution >= 0.6 is 0 Å². The summed E-state index contributed by atoms with van der Waals surface area (Å²) in [6.45, 7) is 3.59. The van der Waals surface area contributed by atoms with E-state index in [4.69, 9.17) is 4.74 Å². The van der Waals surface area contributed by atoms with Gasteiger partial charge in [0.2, 0.25) is 0 Å². The number of hydrogen-bond acceptors (Lipinski definition) is 4. The predicted molar refractivity (Wildman–Crippen MR) is 87.3 cm³/mol. The Balaban J connectivity index is 2.10. The summed E-state index contributed by atoms with van der Waals surface area (Å²) in [5.74, 6) is 0.140. The highest BCUT2D eigenvalue weighted by molar-refractivity contribution is 5.86. The lowest BCUT2D eigenvalue weighted by Gasteiger charge is -2.05. The van der Waals surface area contributed by atoms with Gasteiger partial charge in [0.15, 0.2) is 5.82 Å². The van der Waals surface area contributed by atoms with Gasteiger partial charge in [-0.25, -0.2) is 14.5 Å². The standard InChI is InChI=1S/C18H17N3O2/c1-13(2)23-18(22)16-19-17(14-9-5-3-6-10-14)21(20-16)15-11-7-4-8-12-15/h3-13H,1-2H3. The Morgan fingerprint density at radius 1 is 1.00 bits per heavy atom. The van der Waals surface area contributed by atoms with Crippen molar-refractivity contribution in [1.82, 2.24) is 14.8 Å². The van der Waals surface area contributed by atoms with Crippen LogP contribution in [0.4, 0.5) is 0 Å². The molecule has 23 heavy (non-hydrogen) atoms. The third kappa shape index (κ3) is 3.29. The van der Waals surface area contributed by atoms with Crippen molar-refractivity contribution in [3.63, 3.8) is 0 Å². The number of benzene rings is 2. The zero-order valence-electron chi connectivity index (χ0n) is 13.0. The number of para-hydroxylation sites is 1. The number of nitrogens with zero attached hydrogens (tertiary/aromatic N) is 3. The molecule has 0 amide bonds. The molecule has 5 nitrogen and oxygen atoms in total. The van der Waals surface area contributed by atoms with Crippen LogP contribution in [0.3, 0.4) is 0 Å². The SMILES string of the molecule is CC(C)OC(=O)c1nc(-c2ccccc2)n(-c2ccccc2)n1. The van der Waals surface area contributed by atoms with Gasteiger partial charge in [-0.05, 0) is 26.0 Å². The van der Waals surface area contributed by atoms with E-state index in [1.807, 2.05) is 60.7 Å². The minimum atomic E-state index is -0.521. The average molecular weight is 307 g/mol. The zero-order valence-corrected chi connectivity index (χ0v) is 13.0.